The van der Waals surface area contributed by atoms with Gasteiger partial charge in [0.2, 0.25) is 0 Å². The van der Waals surface area contributed by atoms with E-state index in [2.05, 4.69) is 0 Å². The smallest absolute Gasteiger partial charge is 0.0702 e. The number of hydrogen-bond acceptors (Lipinski definition) is 0. The van der Waals surface area contributed by atoms with Crippen LogP contribution in [0.1, 0.15) is 0 Å². The first-order valence-electron chi connectivity index (χ1n) is 1.19. The lowest BCUT2D eigenvalue weighted by Crippen LogP contribution is -1.81. The Bertz CT molecular complexity index is 10.8. The Morgan fingerprint density at radius 2 is 1.50 bits per heavy atom. The summed E-state index contributed by atoms with van der Waals surface area (Å²) in [4.78, 5) is 0. The molecule has 0 aliphatic rings. The molecule has 0 radical (unpaired) electrons. The summed E-state index contributed by atoms with van der Waals surface area (Å²) in [6.45, 7) is 3.20. The predicted octanol–water partition coefficient (Wildman–Crippen LogP) is 1.21. The summed E-state index contributed by atoms with van der Waals surface area (Å²) < 4.78 is 11.1. The Labute approximate surface area is 27.4 Å². The molecule has 0 heterocycles. The Kier molecular flexibility index (Phi) is 1.52. The van der Waals surface area contributed by atoms with Gasteiger partial charge in [-0.3, -0.25) is 0 Å². The van der Waals surface area contributed by atoms with Gasteiger partial charge in [-0.15, -0.1) is 0 Å². The van der Waals surface area contributed by atoms with Crippen molar-refractivity contribution in [2.75, 3.05) is 0 Å². The molecule has 0 nitrogen and oxygen atoms in total. The zero-order chi connectivity index (χ0) is 3.58. The fraction of sp³-hybridized carbons (Fsp3) is 1.00. The van der Waals surface area contributed by atoms with Crippen LogP contribution in [-0.2, 0) is 0 Å². The molecule has 0 bridgehead atoms. The fourth-order valence-electron chi connectivity index (χ4n) is 0. The van der Waals surface area contributed by atoms with Gasteiger partial charge < -0.3 is 0 Å². The number of hydrogen-bond donors (Lipinski definition) is 0. The Morgan fingerprint density at radius 1 is 1.50 bits per heavy atom. The zero-order valence-corrected chi connectivity index (χ0v) is 3.88. The highest BCUT2D eigenvalue weighted by Gasteiger charge is 2.04. The molecular weight excluding hydrogens is 71.1 g/mol. The minimum absolute atomic E-state index is 1.38. The Balaban J connectivity index is 2.32. The summed E-state index contributed by atoms with van der Waals surface area (Å²) in [6.07, 6.45) is 0. The fourth-order valence-corrected chi connectivity index (χ4v) is 0. The van der Waals surface area contributed by atoms with Crippen molar-refractivity contribution < 1.29 is 4.11 Å². The third kappa shape index (κ3) is 131. The van der Waals surface area contributed by atoms with Gasteiger partial charge in [0.05, 0.1) is 13.1 Å². The second-order valence-electron chi connectivity index (χ2n) is 0.878. The summed E-state index contributed by atoms with van der Waals surface area (Å²) in [7, 11) is -1.38. The molecule has 0 fully saturated rings. The Hall–Kier alpha value is 0.147. The highest BCUT2D eigenvalue weighted by Crippen LogP contribution is 1.72. The molecule has 0 atom stereocenters. The van der Waals surface area contributed by atoms with Gasteiger partial charge in [-0.25, -0.2) is 0 Å². The van der Waals surface area contributed by atoms with E-state index in [4.69, 9.17) is 0 Å². The SMILES string of the molecule is C[Si+](C)F. The molecule has 0 aliphatic heterocycles. The standard InChI is InChI=1S/C2H6FSi/c1-4(2)3/h1-2H3/q+1. The third-order valence-corrected chi connectivity index (χ3v) is 0. The summed E-state index contributed by atoms with van der Waals surface area (Å²) >= 11 is 0. The third-order valence-electron chi connectivity index (χ3n) is 0. The Morgan fingerprint density at radius 3 is 1.50 bits per heavy atom. The van der Waals surface area contributed by atoms with Crippen molar-refractivity contribution in [3.05, 3.63) is 0 Å². The van der Waals surface area contributed by atoms with E-state index in [1.54, 1.807) is 13.1 Å². The summed E-state index contributed by atoms with van der Waals surface area (Å²) in [5.74, 6) is 0. The van der Waals surface area contributed by atoms with Crippen LogP contribution >= 0.6 is 0 Å². The van der Waals surface area contributed by atoms with Crippen molar-refractivity contribution in [2.24, 2.45) is 0 Å². The van der Waals surface area contributed by atoms with Crippen LogP contribution in [0.25, 0.3) is 0 Å². The summed E-state index contributed by atoms with van der Waals surface area (Å²) in [5, 5.41) is 0. The average Bonchev–Trinajstić information content (AvgIpc) is 0.811. The number of rotatable bonds is 0. The van der Waals surface area contributed by atoms with E-state index in [1.165, 1.54) is 0 Å². The van der Waals surface area contributed by atoms with Gasteiger partial charge in [-0.1, -0.05) is 4.11 Å². The van der Waals surface area contributed by atoms with E-state index < -0.39 is 9.13 Å². The molecule has 0 unspecified atom stereocenters. The van der Waals surface area contributed by atoms with Crippen molar-refractivity contribution in [3.8, 4) is 0 Å². The van der Waals surface area contributed by atoms with E-state index in [9.17, 15) is 4.11 Å². The first kappa shape index (κ1) is 4.15. The maximum atomic E-state index is 11.1. The lowest BCUT2D eigenvalue weighted by molar-refractivity contribution is 0.847. The molecule has 2 heteroatoms. The van der Waals surface area contributed by atoms with Crippen molar-refractivity contribution in [1.29, 1.82) is 0 Å². The quantitative estimate of drug-likeness (QED) is 0.301. The van der Waals surface area contributed by atoms with E-state index in [0.717, 1.165) is 0 Å². The van der Waals surface area contributed by atoms with Crippen LogP contribution < -0.4 is 0 Å². The first-order valence-corrected chi connectivity index (χ1v) is 3.57. The van der Waals surface area contributed by atoms with E-state index in [0.29, 0.717) is 0 Å². The molecule has 0 saturated heterocycles. The average molecular weight is 77.2 g/mol. The van der Waals surface area contributed by atoms with Crippen LogP contribution in [0.2, 0.25) is 13.1 Å². The van der Waals surface area contributed by atoms with Crippen molar-refractivity contribution >= 4 is 9.13 Å². The van der Waals surface area contributed by atoms with Crippen LogP contribution in [0.5, 0.6) is 0 Å². The van der Waals surface area contributed by atoms with E-state index in [1.807, 2.05) is 0 Å². The first-order chi connectivity index (χ1) is 1.73. The molecule has 0 aromatic heterocycles. The van der Waals surface area contributed by atoms with Crippen molar-refractivity contribution in [2.45, 2.75) is 13.1 Å². The number of halogens is 1. The topological polar surface area (TPSA) is 0 Å². The van der Waals surface area contributed by atoms with E-state index in [-0.39, 0.29) is 0 Å². The molecule has 0 amide bonds. The zero-order valence-electron chi connectivity index (χ0n) is 2.88. The van der Waals surface area contributed by atoms with Gasteiger partial charge in [0.1, 0.15) is 0 Å². The largest absolute Gasteiger partial charge is 0.536 e. The predicted molar refractivity (Wildman–Crippen MR) is 18.6 cm³/mol. The van der Waals surface area contributed by atoms with Gasteiger partial charge in [-0.2, -0.15) is 0 Å². The molecule has 0 aromatic carbocycles. The van der Waals surface area contributed by atoms with Crippen LogP contribution in [0.4, 0.5) is 4.11 Å². The van der Waals surface area contributed by atoms with Gasteiger partial charge in [0.15, 0.2) is 0 Å². The molecule has 0 aromatic rings. The molecular formula is C2H6FSi+. The summed E-state index contributed by atoms with van der Waals surface area (Å²) in [5.41, 5.74) is 0. The minimum Gasteiger partial charge on any atom is -0.0702 e. The molecule has 24 valence electrons. The molecule has 0 saturated carbocycles. The monoisotopic (exact) mass is 77.0 g/mol. The molecule has 0 spiro atoms. The molecule has 0 rings (SSSR count). The maximum Gasteiger partial charge on any atom is 0.536 e. The lowest BCUT2D eigenvalue weighted by atomic mass is 11.9. The lowest BCUT2D eigenvalue weighted by Gasteiger charge is -1.47. The molecule has 4 heavy (non-hydrogen) atoms. The molecule has 0 N–H and O–H groups in total. The van der Waals surface area contributed by atoms with Gasteiger partial charge >= 0.3 is 9.13 Å². The normalized spacial score (nSPS) is 6.75. The van der Waals surface area contributed by atoms with Crippen molar-refractivity contribution in [3.63, 3.8) is 0 Å². The van der Waals surface area contributed by atoms with Gasteiger partial charge in [0, 0.05) is 0 Å². The highest BCUT2D eigenvalue weighted by molar-refractivity contribution is 6.47. The van der Waals surface area contributed by atoms with Crippen molar-refractivity contribution in [1.82, 2.24) is 0 Å². The van der Waals surface area contributed by atoms with Crippen LogP contribution in [0, 0.1) is 0 Å². The second-order valence-corrected chi connectivity index (χ2v) is 2.63. The van der Waals surface area contributed by atoms with Crippen LogP contribution in [0.15, 0.2) is 0 Å². The van der Waals surface area contributed by atoms with Gasteiger partial charge in [0.25, 0.3) is 0 Å². The van der Waals surface area contributed by atoms with Gasteiger partial charge in [-0.05, 0) is 0 Å². The molecule has 0 aliphatic carbocycles. The minimum atomic E-state index is -1.38. The van der Waals surface area contributed by atoms with Crippen LogP contribution in [-0.4, -0.2) is 9.13 Å². The summed E-state index contributed by atoms with van der Waals surface area (Å²) in [6, 6.07) is 0. The van der Waals surface area contributed by atoms with E-state index >= 15 is 0 Å². The van der Waals surface area contributed by atoms with Crippen LogP contribution in [0.3, 0.4) is 0 Å². The highest BCUT2D eigenvalue weighted by atomic mass is 28.3. The second kappa shape index (κ2) is 1.46. The maximum absolute atomic E-state index is 11.1.